The van der Waals surface area contributed by atoms with Crippen molar-refractivity contribution < 1.29 is 4.42 Å². The van der Waals surface area contributed by atoms with E-state index in [1.54, 1.807) is 0 Å². The largest absolute Gasteiger partial charge is 0.420 e. The third-order valence-electron chi connectivity index (χ3n) is 5.07. The molecule has 1 aromatic heterocycles. The maximum absolute atomic E-state index is 6.00. The number of nitrogens with zero attached hydrogens (tertiary/aromatic N) is 3. The monoisotopic (exact) mass is 353 g/mol. The van der Waals surface area contributed by atoms with E-state index < -0.39 is 0 Å². The zero-order valence-electron chi connectivity index (χ0n) is 16.1. The predicted octanol–water partition coefficient (Wildman–Crippen LogP) is 3.37. The van der Waals surface area contributed by atoms with Crippen LogP contribution in [0.3, 0.4) is 0 Å². The highest BCUT2D eigenvalue weighted by atomic mass is 16.4. The fraction of sp³-hybridized carbons (Fsp3) is 0.500. The quantitative estimate of drug-likeness (QED) is 0.863. The van der Waals surface area contributed by atoms with Gasteiger partial charge in [-0.2, -0.15) is 0 Å². The zero-order chi connectivity index (χ0) is 18.5. The lowest BCUT2D eigenvalue weighted by molar-refractivity contribution is 0.0612. The first kappa shape index (κ1) is 17.1. The van der Waals surface area contributed by atoms with Gasteiger partial charge in [0.25, 0.3) is 0 Å². The topological polar surface area (TPSA) is 66.2 Å². The zero-order valence-corrected chi connectivity index (χ0v) is 16.1. The van der Waals surface area contributed by atoms with Crippen molar-refractivity contribution in [2.45, 2.75) is 58.0 Å². The van der Waals surface area contributed by atoms with Gasteiger partial charge in [0.15, 0.2) is 0 Å². The second-order valence-electron chi connectivity index (χ2n) is 8.78. The fourth-order valence-corrected chi connectivity index (χ4v) is 3.64. The van der Waals surface area contributed by atoms with Gasteiger partial charge in [0.05, 0.1) is 17.2 Å². The van der Waals surface area contributed by atoms with Crippen molar-refractivity contribution in [2.24, 2.45) is 0 Å². The van der Waals surface area contributed by atoms with Crippen LogP contribution >= 0.6 is 0 Å². The Morgan fingerprint density at radius 2 is 1.88 bits per heavy atom. The highest BCUT2D eigenvalue weighted by molar-refractivity contribution is 5.65. The highest BCUT2D eigenvalue weighted by Crippen LogP contribution is 2.39. The number of hydrogen-bond donors (Lipinski definition) is 2. The van der Waals surface area contributed by atoms with Gasteiger partial charge in [0, 0.05) is 12.0 Å². The number of nitrogens with one attached hydrogen (secondary N) is 2. The normalized spacial score (nSPS) is 22.3. The van der Waals surface area contributed by atoms with Crippen molar-refractivity contribution in [2.75, 3.05) is 6.54 Å². The number of hydrazine groups is 1. The molecule has 2 aromatic rings. The van der Waals surface area contributed by atoms with E-state index in [1.807, 2.05) is 0 Å². The Morgan fingerprint density at radius 1 is 1.15 bits per heavy atom. The summed E-state index contributed by atoms with van der Waals surface area (Å²) in [5.74, 6) is 2.30. The Hall–Kier alpha value is -2.34. The van der Waals surface area contributed by atoms with E-state index >= 15 is 0 Å². The van der Waals surface area contributed by atoms with Crippen molar-refractivity contribution in [1.82, 2.24) is 25.9 Å². The summed E-state index contributed by atoms with van der Waals surface area (Å²) >= 11 is 0. The van der Waals surface area contributed by atoms with Gasteiger partial charge < -0.3 is 9.73 Å². The van der Waals surface area contributed by atoms with Crippen LogP contribution in [0.5, 0.6) is 0 Å². The molecule has 0 spiro atoms. The number of benzene rings is 1. The molecule has 6 nitrogen and oxygen atoms in total. The number of fused-ring (bicyclic) bond motifs is 1. The van der Waals surface area contributed by atoms with E-state index in [1.165, 1.54) is 5.56 Å². The maximum atomic E-state index is 6.00. The predicted molar refractivity (Wildman–Crippen MR) is 101 cm³/mol. The molecule has 2 N–H and O–H groups in total. The summed E-state index contributed by atoms with van der Waals surface area (Å²) in [6.45, 7) is 11.4. The summed E-state index contributed by atoms with van der Waals surface area (Å²) < 4.78 is 6.00. The van der Waals surface area contributed by atoms with Gasteiger partial charge in [-0.3, -0.25) is 5.01 Å². The fourth-order valence-electron chi connectivity index (χ4n) is 3.64. The Labute approximate surface area is 154 Å². The Kier molecular flexibility index (Phi) is 3.84. The molecule has 0 saturated carbocycles. The molecule has 0 bridgehead atoms. The van der Waals surface area contributed by atoms with Crippen LogP contribution in [0.4, 0.5) is 0 Å². The summed E-state index contributed by atoms with van der Waals surface area (Å²) in [6.07, 6.45) is 0.998. The second kappa shape index (κ2) is 5.84. The molecule has 1 aromatic carbocycles. The van der Waals surface area contributed by atoms with Crippen LogP contribution in [-0.4, -0.2) is 27.3 Å². The smallest absolute Gasteiger partial charge is 0.248 e. The van der Waals surface area contributed by atoms with Crippen molar-refractivity contribution in [1.29, 1.82) is 0 Å². The minimum absolute atomic E-state index is 0.0320. The molecular weight excluding hydrogens is 326 g/mol. The van der Waals surface area contributed by atoms with Gasteiger partial charge in [-0.1, -0.05) is 51.1 Å². The van der Waals surface area contributed by atoms with E-state index in [9.17, 15) is 0 Å². The number of aromatic nitrogens is 2. The third kappa shape index (κ3) is 2.88. The molecule has 2 aliphatic heterocycles. The average molecular weight is 353 g/mol. The van der Waals surface area contributed by atoms with E-state index in [0.29, 0.717) is 18.3 Å². The summed E-state index contributed by atoms with van der Waals surface area (Å²) in [5, 5.41) is 14.5. The SMILES string of the molecule is CC(C)(C)c1nnc(C2=C3NC(c4ccccc4)CC(C)(C)N3NC2)o1. The van der Waals surface area contributed by atoms with Crippen LogP contribution in [-0.2, 0) is 5.41 Å². The van der Waals surface area contributed by atoms with Gasteiger partial charge in [0.1, 0.15) is 5.82 Å². The lowest BCUT2D eigenvalue weighted by Gasteiger charge is -2.46. The van der Waals surface area contributed by atoms with Gasteiger partial charge in [-0.15, -0.1) is 10.2 Å². The van der Waals surface area contributed by atoms with Gasteiger partial charge >= 0.3 is 0 Å². The van der Waals surface area contributed by atoms with Crippen molar-refractivity contribution >= 4 is 5.57 Å². The minimum Gasteiger partial charge on any atom is -0.420 e. The van der Waals surface area contributed by atoms with E-state index in [0.717, 1.165) is 17.8 Å². The first-order valence-electron chi connectivity index (χ1n) is 9.18. The van der Waals surface area contributed by atoms with Gasteiger partial charge in [-0.25, -0.2) is 5.43 Å². The Morgan fingerprint density at radius 3 is 2.54 bits per heavy atom. The van der Waals surface area contributed by atoms with Crippen LogP contribution in [0.2, 0.25) is 0 Å². The molecule has 0 amide bonds. The second-order valence-corrected chi connectivity index (χ2v) is 8.78. The standard InChI is InChI=1S/C20H27N5O/c1-19(2,3)18-24-23-17(26-18)14-12-21-25-16(14)22-15(11-20(25,4)5)13-9-7-6-8-10-13/h6-10,15,21-22H,11-12H2,1-5H3. The van der Waals surface area contributed by atoms with E-state index in [2.05, 4.69) is 90.9 Å². The summed E-state index contributed by atoms with van der Waals surface area (Å²) in [7, 11) is 0. The van der Waals surface area contributed by atoms with Crippen molar-refractivity contribution in [3.63, 3.8) is 0 Å². The van der Waals surface area contributed by atoms with Crippen LogP contribution in [0, 0.1) is 0 Å². The Balaban J connectivity index is 1.72. The molecule has 0 radical (unpaired) electrons. The molecule has 6 heteroatoms. The lowest BCUT2D eigenvalue weighted by atomic mass is 9.88. The molecule has 1 fully saturated rings. The van der Waals surface area contributed by atoms with Crippen LogP contribution in [0.1, 0.15) is 64.4 Å². The molecule has 2 aliphatic rings. The van der Waals surface area contributed by atoms with Gasteiger partial charge in [-0.05, 0) is 25.8 Å². The molecule has 0 aliphatic carbocycles. The molecule has 1 atom stereocenters. The minimum atomic E-state index is -0.159. The van der Waals surface area contributed by atoms with Crippen molar-refractivity contribution in [3.8, 4) is 0 Å². The number of hydrogen-bond acceptors (Lipinski definition) is 6. The van der Waals surface area contributed by atoms with Crippen LogP contribution in [0.15, 0.2) is 40.6 Å². The Bertz CT molecular complexity index is 831. The molecule has 138 valence electrons. The summed E-state index contributed by atoms with van der Waals surface area (Å²) in [5.41, 5.74) is 5.62. The molecule has 1 unspecified atom stereocenters. The third-order valence-corrected chi connectivity index (χ3v) is 5.07. The maximum Gasteiger partial charge on any atom is 0.248 e. The number of rotatable bonds is 2. The van der Waals surface area contributed by atoms with Crippen LogP contribution in [0.25, 0.3) is 5.57 Å². The molecule has 1 saturated heterocycles. The average Bonchev–Trinajstić information content (AvgIpc) is 3.21. The highest BCUT2D eigenvalue weighted by Gasteiger charge is 2.43. The molecular formula is C20H27N5O. The van der Waals surface area contributed by atoms with E-state index in [4.69, 9.17) is 4.42 Å². The summed E-state index contributed by atoms with van der Waals surface area (Å²) in [4.78, 5) is 0. The van der Waals surface area contributed by atoms with Gasteiger partial charge in [0.2, 0.25) is 11.8 Å². The van der Waals surface area contributed by atoms with E-state index in [-0.39, 0.29) is 17.0 Å². The first-order chi connectivity index (χ1) is 12.3. The van der Waals surface area contributed by atoms with Crippen LogP contribution < -0.4 is 10.7 Å². The first-order valence-corrected chi connectivity index (χ1v) is 9.18. The lowest BCUT2D eigenvalue weighted by Crippen LogP contribution is -2.56. The summed E-state index contributed by atoms with van der Waals surface area (Å²) in [6, 6.07) is 10.8. The van der Waals surface area contributed by atoms with Crippen molar-refractivity contribution in [3.05, 3.63) is 53.5 Å². The molecule has 3 heterocycles. The molecule has 4 rings (SSSR count). The molecule has 26 heavy (non-hydrogen) atoms.